The Balaban J connectivity index is 2.14. The van der Waals surface area contributed by atoms with Gasteiger partial charge in [0.25, 0.3) is 0 Å². The molecule has 0 aliphatic carbocycles. The molecule has 2 rings (SSSR count). The molecule has 4 heteroatoms. The van der Waals surface area contributed by atoms with Crippen molar-refractivity contribution >= 4 is 23.2 Å². The van der Waals surface area contributed by atoms with Crippen LogP contribution in [0.3, 0.4) is 0 Å². The number of hydrogen-bond donors (Lipinski definition) is 0. The van der Waals surface area contributed by atoms with Crippen molar-refractivity contribution < 1.29 is 14.3 Å². The van der Waals surface area contributed by atoms with Crippen LogP contribution in [0, 0.1) is 0 Å². The molecular formula is C19H23NO3. The van der Waals surface area contributed by atoms with Crippen LogP contribution >= 0.6 is 0 Å². The summed E-state index contributed by atoms with van der Waals surface area (Å²) in [5.41, 5.74) is 0.429. The second-order valence-corrected chi connectivity index (χ2v) is 6.68. The molecule has 23 heavy (non-hydrogen) atoms. The number of carbonyl (C=O) groups is 2. The maximum absolute atomic E-state index is 12.1. The highest BCUT2D eigenvalue weighted by atomic mass is 16.6. The minimum atomic E-state index is -0.582. The van der Waals surface area contributed by atoms with E-state index in [1.807, 2.05) is 36.4 Å². The van der Waals surface area contributed by atoms with Gasteiger partial charge in [0.05, 0.1) is 6.04 Å². The van der Waals surface area contributed by atoms with Gasteiger partial charge in [-0.15, -0.1) is 0 Å². The normalized spacial score (nSPS) is 12.7. The second kappa shape index (κ2) is 6.82. The molecule has 0 heterocycles. The van der Waals surface area contributed by atoms with Crippen molar-refractivity contribution in [1.29, 1.82) is 0 Å². The fraction of sp³-hybridized carbons (Fsp3) is 0.368. The van der Waals surface area contributed by atoms with Gasteiger partial charge in [-0.3, -0.25) is 0 Å². The van der Waals surface area contributed by atoms with Crippen LogP contribution in [0.1, 0.15) is 26.3 Å². The molecule has 1 unspecified atom stereocenters. The quantitative estimate of drug-likeness (QED) is 0.806. The Bertz CT molecular complexity index is 703. The van der Waals surface area contributed by atoms with Gasteiger partial charge < -0.3 is 14.4 Å². The first-order valence-electron chi connectivity index (χ1n) is 7.69. The van der Waals surface area contributed by atoms with Gasteiger partial charge in [0, 0.05) is 7.05 Å². The Morgan fingerprint density at radius 2 is 1.83 bits per heavy atom. The molecule has 2 aromatic rings. The summed E-state index contributed by atoms with van der Waals surface area (Å²) < 4.78 is 5.32. The summed E-state index contributed by atoms with van der Waals surface area (Å²) >= 11 is 0. The smallest absolute Gasteiger partial charge is 0.410 e. The predicted molar refractivity (Wildman–Crippen MR) is 91.5 cm³/mol. The van der Waals surface area contributed by atoms with Crippen LogP contribution in [0.25, 0.3) is 10.8 Å². The molecule has 0 N–H and O–H groups in total. The number of nitrogens with zero attached hydrogens (tertiary/aromatic N) is 1. The molecule has 1 atom stereocenters. The number of rotatable bonds is 4. The van der Waals surface area contributed by atoms with E-state index in [9.17, 15) is 9.59 Å². The zero-order chi connectivity index (χ0) is 17.0. The van der Waals surface area contributed by atoms with Crippen LogP contribution in [-0.2, 0) is 16.0 Å². The number of fused-ring (bicyclic) bond motifs is 1. The van der Waals surface area contributed by atoms with E-state index in [2.05, 4.69) is 6.07 Å². The maximum atomic E-state index is 12.1. The van der Waals surface area contributed by atoms with E-state index in [4.69, 9.17) is 4.74 Å². The molecule has 0 fully saturated rings. The third-order valence-corrected chi connectivity index (χ3v) is 3.59. The van der Waals surface area contributed by atoms with Crippen LogP contribution in [0.15, 0.2) is 42.5 Å². The summed E-state index contributed by atoms with van der Waals surface area (Å²) in [6, 6.07) is 13.6. The summed E-state index contributed by atoms with van der Waals surface area (Å²) in [4.78, 5) is 24.9. The van der Waals surface area contributed by atoms with Crippen molar-refractivity contribution in [2.45, 2.75) is 38.8 Å². The molecule has 0 bridgehead atoms. The molecule has 0 aromatic heterocycles. The molecule has 0 aliphatic heterocycles. The van der Waals surface area contributed by atoms with Crippen molar-refractivity contribution in [3.8, 4) is 0 Å². The molecule has 1 amide bonds. The first-order chi connectivity index (χ1) is 10.8. The minimum Gasteiger partial charge on any atom is -0.444 e. The van der Waals surface area contributed by atoms with Crippen molar-refractivity contribution in [3.05, 3.63) is 48.0 Å². The fourth-order valence-corrected chi connectivity index (χ4v) is 2.35. The standard InChI is InChI=1S/C19H23NO3/c1-19(2,3)23-18(22)20(4)17(13-21)12-14-9-10-15-7-5-6-8-16(15)11-14/h5-11,13,17H,12H2,1-4H3. The monoisotopic (exact) mass is 313 g/mol. The Kier molecular flexibility index (Phi) is 5.04. The molecule has 0 aliphatic rings. The lowest BCUT2D eigenvalue weighted by atomic mass is 10.0. The van der Waals surface area contributed by atoms with Gasteiger partial charge in [0.1, 0.15) is 11.9 Å². The number of hydrogen-bond acceptors (Lipinski definition) is 3. The maximum Gasteiger partial charge on any atom is 0.410 e. The first kappa shape index (κ1) is 17.0. The minimum absolute atomic E-state index is 0.462. The highest BCUT2D eigenvalue weighted by Gasteiger charge is 2.25. The van der Waals surface area contributed by atoms with Crippen LogP contribution in [0.4, 0.5) is 4.79 Å². The summed E-state index contributed by atoms with van der Waals surface area (Å²) in [5, 5.41) is 2.27. The highest BCUT2D eigenvalue weighted by Crippen LogP contribution is 2.18. The molecule has 0 radical (unpaired) electrons. The Morgan fingerprint density at radius 1 is 1.17 bits per heavy atom. The van der Waals surface area contributed by atoms with E-state index >= 15 is 0 Å². The van der Waals surface area contributed by atoms with Gasteiger partial charge >= 0.3 is 6.09 Å². The van der Waals surface area contributed by atoms with Gasteiger partial charge in [-0.2, -0.15) is 0 Å². The van der Waals surface area contributed by atoms with Crippen LogP contribution < -0.4 is 0 Å². The lowest BCUT2D eigenvalue weighted by molar-refractivity contribution is -0.112. The number of likely N-dealkylation sites (N-methyl/N-ethyl adjacent to an activating group) is 1. The molecule has 4 nitrogen and oxygen atoms in total. The summed E-state index contributed by atoms with van der Waals surface area (Å²) in [7, 11) is 1.59. The zero-order valence-corrected chi connectivity index (χ0v) is 14.1. The van der Waals surface area contributed by atoms with E-state index < -0.39 is 17.7 Å². The second-order valence-electron chi connectivity index (χ2n) is 6.68. The third kappa shape index (κ3) is 4.55. The summed E-state index contributed by atoms with van der Waals surface area (Å²) in [6.07, 6.45) is 0.763. The number of aldehydes is 1. The van der Waals surface area contributed by atoms with Crippen molar-refractivity contribution in [2.24, 2.45) is 0 Å². The van der Waals surface area contributed by atoms with Crippen LogP contribution in [-0.4, -0.2) is 36.0 Å². The van der Waals surface area contributed by atoms with E-state index in [0.717, 1.165) is 22.6 Å². The molecule has 0 saturated carbocycles. The van der Waals surface area contributed by atoms with E-state index in [1.54, 1.807) is 27.8 Å². The molecule has 122 valence electrons. The van der Waals surface area contributed by atoms with Gasteiger partial charge in [-0.05, 0) is 43.5 Å². The Labute approximate surface area is 137 Å². The van der Waals surface area contributed by atoms with E-state index in [0.29, 0.717) is 6.42 Å². The zero-order valence-electron chi connectivity index (χ0n) is 14.1. The van der Waals surface area contributed by atoms with Gasteiger partial charge in [-0.1, -0.05) is 42.5 Å². The average molecular weight is 313 g/mol. The Hall–Kier alpha value is -2.36. The Morgan fingerprint density at radius 3 is 2.43 bits per heavy atom. The molecule has 0 saturated heterocycles. The van der Waals surface area contributed by atoms with E-state index in [1.165, 1.54) is 4.90 Å². The van der Waals surface area contributed by atoms with Crippen molar-refractivity contribution in [1.82, 2.24) is 4.90 Å². The predicted octanol–water partition coefficient (Wildman–Crippen LogP) is 3.82. The average Bonchev–Trinajstić information content (AvgIpc) is 2.50. The first-order valence-corrected chi connectivity index (χ1v) is 7.69. The number of benzene rings is 2. The van der Waals surface area contributed by atoms with E-state index in [-0.39, 0.29) is 0 Å². The third-order valence-electron chi connectivity index (χ3n) is 3.59. The summed E-state index contributed by atoms with van der Waals surface area (Å²) in [6.45, 7) is 5.41. The number of carbonyl (C=O) groups excluding carboxylic acids is 2. The highest BCUT2D eigenvalue weighted by molar-refractivity contribution is 5.83. The largest absolute Gasteiger partial charge is 0.444 e. The van der Waals surface area contributed by atoms with Crippen LogP contribution in [0.5, 0.6) is 0 Å². The van der Waals surface area contributed by atoms with Gasteiger partial charge in [-0.25, -0.2) is 4.79 Å². The number of amides is 1. The lowest BCUT2D eigenvalue weighted by Crippen LogP contribution is -2.42. The summed E-state index contributed by atoms with van der Waals surface area (Å²) in [5.74, 6) is 0. The van der Waals surface area contributed by atoms with Crippen molar-refractivity contribution in [2.75, 3.05) is 7.05 Å². The SMILES string of the molecule is CN(C(=O)OC(C)(C)C)C(C=O)Cc1ccc2ccccc2c1. The van der Waals surface area contributed by atoms with Gasteiger partial charge in [0.2, 0.25) is 0 Å². The van der Waals surface area contributed by atoms with Crippen molar-refractivity contribution in [3.63, 3.8) is 0 Å². The molecular weight excluding hydrogens is 290 g/mol. The molecule has 0 spiro atoms. The van der Waals surface area contributed by atoms with Crippen LogP contribution in [0.2, 0.25) is 0 Å². The molecule has 2 aromatic carbocycles. The number of ether oxygens (including phenoxy) is 1. The topological polar surface area (TPSA) is 46.6 Å². The lowest BCUT2D eigenvalue weighted by Gasteiger charge is -2.28. The van der Waals surface area contributed by atoms with Gasteiger partial charge in [0.15, 0.2) is 0 Å². The fourth-order valence-electron chi connectivity index (χ4n) is 2.35.